The second kappa shape index (κ2) is 6.63. The van der Waals surface area contributed by atoms with E-state index in [0.717, 1.165) is 25.3 Å². The van der Waals surface area contributed by atoms with Gasteiger partial charge in [0.05, 0.1) is 0 Å². The average molecular weight is 224 g/mol. The van der Waals surface area contributed by atoms with Gasteiger partial charge in [0.2, 0.25) is 0 Å². The van der Waals surface area contributed by atoms with Crippen LogP contribution in [0.4, 0.5) is 0 Å². The Labute approximate surface area is 98.5 Å². The van der Waals surface area contributed by atoms with Crippen LogP contribution in [0.2, 0.25) is 0 Å². The molecule has 2 atom stereocenters. The largest absolute Gasteiger partial charge is 0.316 e. The van der Waals surface area contributed by atoms with E-state index in [0.29, 0.717) is 11.8 Å². The third-order valence-corrected chi connectivity index (χ3v) is 3.17. The highest BCUT2D eigenvalue weighted by molar-refractivity contribution is 4.86. The Morgan fingerprint density at radius 3 is 2.69 bits per heavy atom. The van der Waals surface area contributed by atoms with Crippen molar-refractivity contribution in [2.75, 3.05) is 13.1 Å². The highest BCUT2D eigenvalue weighted by Crippen LogP contribution is 2.14. The normalized spacial score (nSPS) is 15.0. The van der Waals surface area contributed by atoms with Gasteiger partial charge in [-0.1, -0.05) is 20.8 Å². The van der Waals surface area contributed by atoms with Gasteiger partial charge >= 0.3 is 0 Å². The van der Waals surface area contributed by atoms with Crippen LogP contribution in [0.3, 0.4) is 0 Å². The van der Waals surface area contributed by atoms with Crippen LogP contribution in [-0.2, 0) is 13.5 Å². The molecule has 0 aliphatic heterocycles. The summed E-state index contributed by atoms with van der Waals surface area (Å²) in [5.41, 5.74) is 0. The van der Waals surface area contributed by atoms with Gasteiger partial charge in [0, 0.05) is 13.5 Å². The first kappa shape index (κ1) is 13.2. The molecule has 1 heterocycles. The number of aryl methyl sites for hydroxylation is 1. The van der Waals surface area contributed by atoms with Crippen molar-refractivity contribution in [3.05, 3.63) is 12.2 Å². The topological polar surface area (TPSA) is 42.7 Å². The third kappa shape index (κ3) is 3.93. The summed E-state index contributed by atoms with van der Waals surface area (Å²) in [7, 11) is 1.95. The van der Waals surface area contributed by atoms with Gasteiger partial charge in [-0.3, -0.25) is 4.68 Å². The molecule has 0 aromatic carbocycles. The van der Waals surface area contributed by atoms with Gasteiger partial charge in [-0.15, -0.1) is 0 Å². The lowest BCUT2D eigenvalue weighted by atomic mass is 9.92. The Bertz CT molecular complexity index is 295. The molecule has 0 fully saturated rings. The van der Waals surface area contributed by atoms with Crippen molar-refractivity contribution in [1.82, 2.24) is 20.1 Å². The van der Waals surface area contributed by atoms with Gasteiger partial charge in [-0.2, -0.15) is 5.10 Å². The highest BCUT2D eigenvalue weighted by atomic mass is 15.3. The molecule has 4 nitrogen and oxygen atoms in total. The predicted molar refractivity (Wildman–Crippen MR) is 66.2 cm³/mol. The van der Waals surface area contributed by atoms with Gasteiger partial charge in [-0.25, -0.2) is 4.98 Å². The van der Waals surface area contributed by atoms with E-state index in [9.17, 15) is 0 Å². The van der Waals surface area contributed by atoms with Crippen LogP contribution >= 0.6 is 0 Å². The lowest BCUT2D eigenvalue weighted by Crippen LogP contribution is -2.27. The molecule has 0 aliphatic rings. The van der Waals surface area contributed by atoms with Gasteiger partial charge in [-0.05, 0) is 31.3 Å². The van der Waals surface area contributed by atoms with Crippen molar-refractivity contribution in [3.63, 3.8) is 0 Å². The molecule has 1 aromatic heterocycles. The minimum Gasteiger partial charge on any atom is -0.316 e. The van der Waals surface area contributed by atoms with E-state index in [1.165, 1.54) is 6.42 Å². The lowest BCUT2D eigenvalue weighted by molar-refractivity contribution is 0.356. The van der Waals surface area contributed by atoms with E-state index in [1.807, 2.05) is 11.7 Å². The number of hydrogen-bond acceptors (Lipinski definition) is 3. The zero-order chi connectivity index (χ0) is 12.0. The van der Waals surface area contributed by atoms with Crippen molar-refractivity contribution >= 4 is 0 Å². The van der Waals surface area contributed by atoms with Crippen LogP contribution in [0.1, 0.15) is 33.0 Å². The molecular weight excluding hydrogens is 200 g/mol. The molecule has 0 saturated carbocycles. The maximum absolute atomic E-state index is 4.27. The number of hydrogen-bond donors (Lipinski definition) is 1. The molecule has 0 radical (unpaired) electrons. The average Bonchev–Trinajstić information content (AvgIpc) is 2.64. The molecule has 0 aliphatic carbocycles. The van der Waals surface area contributed by atoms with Crippen LogP contribution in [0, 0.1) is 11.8 Å². The molecule has 0 amide bonds. The standard InChI is InChI=1S/C12H24N4/c1-5-6-13-8-11(3)10(2)7-12-14-9-15-16(12)4/h9-11,13H,5-8H2,1-4H3. The maximum Gasteiger partial charge on any atom is 0.138 e. The van der Waals surface area contributed by atoms with Crippen molar-refractivity contribution in [2.45, 2.75) is 33.6 Å². The molecule has 1 aromatic rings. The fourth-order valence-electron chi connectivity index (χ4n) is 1.70. The van der Waals surface area contributed by atoms with Crippen LogP contribution in [-0.4, -0.2) is 27.9 Å². The van der Waals surface area contributed by atoms with Gasteiger partial charge < -0.3 is 5.32 Å². The summed E-state index contributed by atoms with van der Waals surface area (Å²) in [5.74, 6) is 2.38. The monoisotopic (exact) mass is 224 g/mol. The Morgan fingerprint density at radius 2 is 2.12 bits per heavy atom. The van der Waals surface area contributed by atoms with E-state index in [2.05, 4.69) is 36.2 Å². The highest BCUT2D eigenvalue weighted by Gasteiger charge is 2.14. The minimum absolute atomic E-state index is 0.632. The number of aromatic nitrogens is 3. The second-order valence-corrected chi connectivity index (χ2v) is 4.66. The first-order valence-electron chi connectivity index (χ1n) is 6.18. The second-order valence-electron chi connectivity index (χ2n) is 4.66. The van der Waals surface area contributed by atoms with Gasteiger partial charge in [0.25, 0.3) is 0 Å². The van der Waals surface area contributed by atoms with E-state index < -0.39 is 0 Å². The van der Waals surface area contributed by atoms with Gasteiger partial charge in [0.15, 0.2) is 0 Å². The summed E-state index contributed by atoms with van der Waals surface area (Å²) < 4.78 is 1.86. The first-order chi connectivity index (χ1) is 7.65. The van der Waals surface area contributed by atoms with E-state index in [1.54, 1.807) is 6.33 Å². The van der Waals surface area contributed by atoms with Crippen LogP contribution in [0.5, 0.6) is 0 Å². The number of nitrogens with one attached hydrogen (secondary N) is 1. The van der Waals surface area contributed by atoms with Crippen molar-refractivity contribution in [3.8, 4) is 0 Å². The Morgan fingerprint density at radius 1 is 1.38 bits per heavy atom. The SMILES string of the molecule is CCCNCC(C)C(C)Cc1ncnn1C. The zero-order valence-corrected chi connectivity index (χ0v) is 10.9. The Kier molecular flexibility index (Phi) is 5.46. The Hall–Kier alpha value is -0.900. The third-order valence-electron chi connectivity index (χ3n) is 3.17. The Balaban J connectivity index is 2.34. The van der Waals surface area contributed by atoms with Crippen molar-refractivity contribution < 1.29 is 0 Å². The summed E-state index contributed by atoms with van der Waals surface area (Å²) in [6.45, 7) is 8.98. The fourth-order valence-corrected chi connectivity index (χ4v) is 1.70. The molecule has 1 N–H and O–H groups in total. The summed E-state index contributed by atoms with van der Waals surface area (Å²) in [4.78, 5) is 4.27. The fraction of sp³-hybridized carbons (Fsp3) is 0.833. The summed E-state index contributed by atoms with van der Waals surface area (Å²) >= 11 is 0. The molecule has 0 bridgehead atoms. The lowest BCUT2D eigenvalue weighted by Gasteiger charge is -2.19. The molecule has 16 heavy (non-hydrogen) atoms. The summed E-state index contributed by atoms with van der Waals surface area (Å²) in [6.07, 6.45) is 3.83. The molecule has 2 unspecified atom stereocenters. The predicted octanol–water partition coefficient (Wildman–Crippen LogP) is 1.63. The van der Waals surface area contributed by atoms with Crippen molar-refractivity contribution in [1.29, 1.82) is 0 Å². The van der Waals surface area contributed by atoms with Gasteiger partial charge in [0.1, 0.15) is 12.2 Å². The molecule has 1 rings (SSSR count). The quantitative estimate of drug-likeness (QED) is 0.716. The molecular formula is C12H24N4. The smallest absolute Gasteiger partial charge is 0.138 e. The molecule has 92 valence electrons. The van der Waals surface area contributed by atoms with E-state index in [-0.39, 0.29) is 0 Å². The molecule has 0 spiro atoms. The number of nitrogens with zero attached hydrogens (tertiary/aromatic N) is 3. The molecule has 0 saturated heterocycles. The van der Waals surface area contributed by atoms with E-state index in [4.69, 9.17) is 0 Å². The van der Waals surface area contributed by atoms with Crippen LogP contribution < -0.4 is 5.32 Å². The summed E-state index contributed by atoms with van der Waals surface area (Å²) in [5, 5.41) is 7.56. The van der Waals surface area contributed by atoms with E-state index >= 15 is 0 Å². The minimum atomic E-state index is 0.632. The van der Waals surface area contributed by atoms with Crippen LogP contribution in [0.15, 0.2) is 6.33 Å². The zero-order valence-electron chi connectivity index (χ0n) is 10.9. The number of rotatable bonds is 7. The van der Waals surface area contributed by atoms with Crippen molar-refractivity contribution in [2.24, 2.45) is 18.9 Å². The summed E-state index contributed by atoms with van der Waals surface area (Å²) in [6, 6.07) is 0. The molecule has 4 heteroatoms. The first-order valence-corrected chi connectivity index (χ1v) is 6.18. The van der Waals surface area contributed by atoms with Crippen LogP contribution in [0.25, 0.3) is 0 Å². The maximum atomic E-state index is 4.27.